The summed E-state index contributed by atoms with van der Waals surface area (Å²) in [7, 11) is 0. The molecular weight excluding hydrogens is 288 g/mol. The molecule has 0 aliphatic carbocycles. The van der Waals surface area contributed by atoms with Crippen molar-refractivity contribution in [2.45, 2.75) is 13.3 Å². The number of carboxylic acid groups (broad SMARTS) is 1. The second kappa shape index (κ2) is 5.55. The lowest BCUT2D eigenvalue weighted by atomic mass is 9.99. The summed E-state index contributed by atoms with van der Waals surface area (Å²) in [5.74, 6) is -0.239. The monoisotopic (exact) mass is 302 g/mol. The number of carbonyl (C=O) groups is 2. The van der Waals surface area contributed by atoms with Gasteiger partial charge in [0.2, 0.25) is 0 Å². The molecule has 0 spiro atoms. The molecule has 1 N–H and O–H groups in total. The van der Waals surface area contributed by atoms with Gasteiger partial charge < -0.3 is 19.0 Å². The molecule has 0 amide bonds. The van der Waals surface area contributed by atoms with Crippen molar-refractivity contribution in [2.75, 3.05) is 13.2 Å². The minimum Gasteiger partial charge on any atom is -0.490 e. The Labute approximate surface area is 126 Å². The number of carboxylic acids is 1. The lowest BCUT2D eigenvalue weighted by molar-refractivity contribution is 0.0697. The number of Topliss-reactive ketones (excluding diaryl/α,β-unsaturated/α-hetero) is 1. The van der Waals surface area contributed by atoms with E-state index in [-0.39, 0.29) is 17.1 Å². The third-order valence-electron chi connectivity index (χ3n) is 3.41. The maximum absolute atomic E-state index is 11.9. The van der Waals surface area contributed by atoms with Crippen molar-refractivity contribution in [1.29, 1.82) is 0 Å². The van der Waals surface area contributed by atoms with E-state index < -0.39 is 5.97 Å². The molecule has 6 heteroatoms. The summed E-state index contributed by atoms with van der Waals surface area (Å²) in [6.45, 7) is 2.41. The van der Waals surface area contributed by atoms with Crippen LogP contribution in [-0.4, -0.2) is 30.1 Å². The predicted octanol–water partition coefficient (Wildman–Crippen LogP) is 3.01. The minimum atomic E-state index is -1.12. The fraction of sp³-hybridized carbons (Fsp3) is 0.250. The summed E-state index contributed by atoms with van der Waals surface area (Å²) in [4.78, 5) is 23.2. The lowest BCUT2D eigenvalue weighted by Crippen LogP contribution is -2.02. The maximum Gasteiger partial charge on any atom is 0.339 e. The molecule has 1 aliphatic rings. The van der Waals surface area contributed by atoms with Crippen molar-refractivity contribution in [1.82, 2.24) is 0 Å². The molecule has 0 atom stereocenters. The van der Waals surface area contributed by atoms with Gasteiger partial charge in [0.25, 0.3) is 0 Å². The van der Waals surface area contributed by atoms with E-state index in [1.165, 1.54) is 19.3 Å². The van der Waals surface area contributed by atoms with Gasteiger partial charge in [0.1, 0.15) is 11.3 Å². The summed E-state index contributed by atoms with van der Waals surface area (Å²) in [5, 5.41) is 9.23. The highest BCUT2D eigenvalue weighted by atomic mass is 16.5. The first-order valence-electron chi connectivity index (χ1n) is 6.83. The molecule has 1 aliphatic heterocycles. The van der Waals surface area contributed by atoms with Crippen molar-refractivity contribution >= 4 is 11.8 Å². The van der Waals surface area contributed by atoms with Crippen molar-refractivity contribution in [3.05, 3.63) is 35.6 Å². The number of carbonyl (C=O) groups excluding carboxylic acids is 1. The van der Waals surface area contributed by atoms with Crippen molar-refractivity contribution in [3.8, 4) is 22.8 Å². The number of benzene rings is 1. The summed E-state index contributed by atoms with van der Waals surface area (Å²) >= 11 is 0. The highest BCUT2D eigenvalue weighted by Crippen LogP contribution is 2.38. The zero-order chi connectivity index (χ0) is 15.7. The molecule has 2 aromatic rings. The number of ether oxygens (including phenoxy) is 2. The van der Waals surface area contributed by atoms with Crippen LogP contribution in [0.4, 0.5) is 0 Å². The van der Waals surface area contributed by atoms with E-state index in [0.29, 0.717) is 35.8 Å². The van der Waals surface area contributed by atoms with E-state index in [1.807, 2.05) is 0 Å². The fourth-order valence-electron chi connectivity index (χ4n) is 2.37. The summed E-state index contributed by atoms with van der Waals surface area (Å²) in [6.07, 6.45) is 2.02. The Kier molecular flexibility index (Phi) is 3.58. The van der Waals surface area contributed by atoms with E-state index in [9.17, 15) is 14.7 Å². The van der Waals surface area contributed by atoms with Gasteiger partial charge in [-0.3, -0.25) is 4.79 Å². The topological polar surface area (TPSA) is 86.0 Å². The van der Waals surface area contributed by atoms with Gasteiger partial charge in [-0.15, -0.1) is 0 Å². The van der Waals surface area contributed by atoms with Crippen LogP contribution >= 0.6 is 0 Å². The zero-order valence-electron chi connectivity index (χ0n) is 11.9. The molecule has 1 aromatic heterocycles. The minimum absolute atomic E-state index is 0.00279. The smallest absolute Gasteiger partial charge is 0.339 e. The first-order chi connectivity index (χ1) is 10.6. The van der Waals surface area contributed by atoms with Crippen LogP contribution in [-0.2, 0) is 0 Å². The number of hydrogen-bond donors (Lipinski definition) is 1. The molecule has 0 saturated heterocycles. The van der Waals surface area contributed by atoms with Gasteiger partial charge in [-0.2, -0.15) is 0 Å². The van der Waals surface area contributed by atoms with Crippen LogP contribution in [0, 0.1) is 0 Å². The first-order valence-corrected chi connectivity index (χ1v) is 6.83. The van der Waals surface area contributed by atoms with Crippen LogP contribution in [0.1, 0.15) is 34.1 Å². The van der Waals surface area contributed by atoms with Crippen LogP contribution in [0.5, 0.6) is 11.5 Å². The van der Waals surface area contributed by atoms with E-state index >= 15 is 0 Å². The van der Waals surface area contributed by atoms with E-state index in [4.69, 9.17) is 13.9 Å². The first kappa shape index (κ1) is 14.2. The number of aromatic carboxylic acids is 1. The molecule has 0 unspecified atom stereocenters. The second-order valence-corrected chi connectivity index (χ2v) is 4.92. The fourth-order valence-corrected chi connectivity index (χ4v) is 2.37. The average molecular weight is 302 g/mol. The van der Waals surface area contributed by atoms with E-state index in [2.05, 4.69) is 0 Å². The molecule has 22 heavy (non-hydrogen) atoms. The molecule has 0 saturated carbocycles. The zero-order valence-corrected chi connectivity index (χ0v) is 11.9. The number of hydrogen-bond acceptors (Lipinski definition) is 5. The molecule has 0 bridgehead atoms. The van der Waals surface area contributed by atoms with Gasteiger partial charge in [-0.25, -0.2) is 4.79 Å². The van der Waals surface area contributed by atoms with Gasteiger partial charge in [0.15, 0.2) is 17.3 Å². The molecular formula is C16H14O6. The van der Waals surface area contributed by atoms with Crippen LogP contribution < -0.4 is 9.47 Å². The Hall–Kier alpha value is -2.76. The molecule has 0 fully saturated rings. The molecule has 3 rings (SSSR count). The van der Waals surface area contributed by atoms with Gasteiger partial charge in [0, 0.05) is 17.5 Å². The third kappa shape index (κ3) is 2.43. The summed E-state index contributed by atoms with van der Waals surface area (Å²) in [5.41, 5.74) is 0.720. The molecule has 6 nitrogen and oxygen atoms in total. The SMILES string of the molecule is CC(=O)c1cc2c(cc1-c1occc1C(=O)O)OCCCO2. The van der Waals surface area contributed by atoms with Gasteiger partial charge in [-0.1, -0.05) is 0 Å². The number of fused-ring (bicyclic) bond motifs is 1. The average Bonchev–Trinajstić information content (AvgIpc) is 2.85. The quantitative estimate of drug-likeness (QED) is 0.877. The van der Waals surface area contributed by atoms with E-state index in [0.717, 1.165) is 6.42 Å². The standard InChI is InChI=1S/C16H14O6/c1-9(17)11-7-13-14(21-5-2-4-20-13)8-12(11)15-10(16(18)19)3-6-22-15/h3,6-8H,2,4-5H2,1H3,(H,18,19). The molecule has 2 heterocycles. The highest BCUT2D eigenvalue weighted by molar-refractivity contribution is 6.04. The molecule has 1 aromatic carbocycles. The molecule has 0 radical (unpaired) electrons. The van der Waals surface area contributed by atoms with Crippen molar-refractivity contribution in [2.24, 2.45) is 0 Å². The third-order valence-corrected chi connectivity index (χ3v) is 3.41. The number of ketones is 1. The van der Waals surface area contributed by atoms with E-state index in [1.54, 1.807) is 12.1 Å². The van der Waals surface area contributed by atoms with Gasteiger partial charge in [-0.05, 0) is 25.1 Å². The van der Waals surface area contributed by atoms with Crippen molar-refractivity contribution in [3.63, 3.8) is 0 Å². The van der Waals surface area contributed by atoms with Crippen LogP contribution in [0.25, 0.3) is 11.3 Å². The predicted molar refractivity (Wildman–Crippen MR) is 76.7 cm³/mol. The number of rotatable bonds is 3. The number of furan rings is 1. The largest absolute Gasteiger partial charge is 0.490 e. The lowest BCUT2D eigenvalue weighted by Gasteiger charge is -2.12. The summed E-state index contributed by atoms with van der Waals surface area (Å²) < 4.78 is 16.5. The summed E-state index contributed by atoms with van der Waals surface area (Å²) in [6, 6.07) is 4.53. The Bertz CT molecular complexity index is 743. The Morgan fingerprint density at radius 1 is 1.09 bits per heavy atom. The Balaban J connectivity index is 2.21. The molecule has 114 valence electrons. The normalized spacial score (nSPS) is 13.5. The van der Waals surface area contributed by atoms with Crippen LogP contribution in [0.15, 0.2) is 28.9 Å². The Morgan fingerprint density at radius 2 is 1.77 bits per heavy atom. The van der Waals surface area contributed by atoms with Gasteiger partial charge >= 0.3 is 5.97 Å². The maximum atomic E-state index is 11.9. The highest BCUT2D eigenvalue weighted by Gasteiger charge is 2.23. The van der Waals surface area contributed by atoms with Gasteiger partial charge in [0.05, 0.1) is 19.5 Å². The second-order valence-electron chi connectivity index (χ2n) is 4.92. The van der Waals surface area contributed by atoms with Crippen LogP contribution in [0.2, 0.25) is 0 Å². The van der Waals surface area contributed by atoms with Crippen LogP contribution in [0.3, 0.4) is 0 Å². The Morgan fingerprint density at radius 3 is 2.41 bits per heavy atom. The van der Waals surface area contributed by atoms with Crippen molar-refractivity contribution < 1.29 is 28.6 Å².